The Bertz CT molecular complexity index is 669. The van der Waals surface area contributed by atoms with Crippen molar-refractivity contribution in [3.05, 3.63) is 59.8 Å². The summed E-state index contributed by atoms with van der Waals surface area (Å²) in [7, 11) is 0. The number of nitrogens with zero attached hydrogens (tertiary/aromatic N) is 2. The second kappa shape index (κ2) is 7.47. The minimum absolute atomic E-state index is 0.111. The number of likely N-dealkylation sites (tertiary alicyclic amines) is 1. The Hall–Kier alpha value is -2.36. The Kier molecular flexibility index (Phi) is 5.14. The Morgan fingerprint density at radius 2 is 2.08 bits per heavy atom. The second-order valence-electron chi connectivity index (χ2n) is 6.45. The van der Waals surface area contributed by atoms with Gasteiger partial charge in [-0.05, 0) is 49.9 Å². The van der Waals surface area contributed by atoms with Crippen molar-refractivity contribution < 1.29 is 4.79 Å². The van der Waals surface area contributed by atoms with Crippen LogP contribution in [0.15, 0.2) is 48.7 Å². The number of anilines is 1. The van der Waals surface area contributed by atoms with Crippen molar-refractivity contribution in [2.75, 3.05) is 11.9 Å². The first kappa shape index (κ1) is 16.5. The molecule has 2 heterocycles. The fourth-order valence-corrected chi connectivity index (χ4v) is 3.15. The molecular formula is C20H25N3O. The summed E-state index contributed by atoms with van der Waals surface area (Å²) in [5, 5.41) is 3.38. The van der Waals surface area contributed by atoms with Gasteiger partial charge in [-0.1, -0.05) is 31.2 Å². The molecule has 0 radical (unpaired) electrons. The zero-order chi connectivity index (χ0) is 16.9. The lowest BCUT2D eigenvalue weighted by molar-refractivity contribution is 0.0735. The molecule has 1 saturated heterocycles. The van der Waals surface area contributed by atoms with Gasteiger partial charge in [-0.3, -0.25) is 4.79 Å². The number of pyridine rings is 1. The lowest BCUT2D eigenvalue weighted by Crippen LogP contribution is -2.30. The Morgan fingerprint density at radius 3 is 2.75 bits per heavy atom. The van der Waals surface area contributed by atoms with Gasteiger partial charge in [0.05, 0.1) is 6.04 Å². The molecule has 1 amide bonds. The zero-order valence-electron chi connectivity index (χ0n) is 14.4. The van der Waals surface area contributed by atoms with E-state index in [2.05, 4.69) is 30.2 Å². The number of hydrogen-bond acceptors (Lipinski definition) is 3. The maximum absolute atomic E-state index is 12.8. The molecule has 126 valence electrons. The number of aromatic nitrogens is 1. The van der Waals surface area contributed by atoms with Gasteiger partial charge in [-0.2, -0.15) is 0 Å². The van der Waals surface area contributed by atoms with Gasteiger partial charge in [0.25, 0.3) is 5.91 Å². The van der Waals surface area contributed by atoms with Gasteiger partial charge in [0.1, 0.15) is 5.82 Å². The number of rotatable bonds is 5. The molecule has 4 heteroatoms. The average Bonchev–Trinajstić information content (AvgIpc) is 3.12. The van der Waals surface area contributed by atoms with Crippen molar-refractivity contribution in [2.24, 2.45) is 0 Å². The number of carbonyl (C=O) groups is 1. The summed E-state index contributed by atoms with van der Waals surface area (Å²) in [6.07, 6.45) is 5.01. The lowest BCUT2D eigenvalue weighted by atomic mass is 10.1. The molecule has 1 aliphatic heterocycles. The molecule has 3 rings (SSSR count). The lowest BCUT2D eigenvalue weighted by Gasteiger charge is -2.25. The molecule has 2 atom stereocenters. The summed E-state index contributed by atoms with van der Waals surface area (Å²) in [6, 6.07) is 14.2. The average molecular weight is 323 g/mol. The highest BCUT2D eigenvalue weighted by atomic mass is 16.2. The van der Waals surface area contributed by atoms with E-state index < -0.39 is 0 Å². The first-order valence-electron chi connectivity index (χ1n) is 8.77. The molecule has 0 unspecified atom stereocenters. The molecule has 1 aromatic carbocycles. The minimum atomic E-state index is 0.111. The van der Waals surface area contributed by atoms with Crippen LogP contribution >= 0.6 is 0 Å². The topological polar surface area (TPSA) is 45.2 Å². The molecule has 0 aliphatic carbocycles. The molecule has 1 aliphatic rings. The molecule has 0 bridgehead atoms. The summed E-state index contributed by atoms with van der Waals surface area (Å²) >= 11 is 0. The van der Waals surface area contributed by atoms with Crippen LogP contribution in [-0.2, 0) is 0 Å². The quantitative estimate of drug-likeness (QED) is 0.894. The highest BCUT2D eigenvalue weighted by molar-refractivity contribution is 5.94. The largest absolute Gasteiger partial charge is 0.368 e. The van der Waals surface area contributed by atoms with Gasteiger partial charge in [-0.15, -0.1) is 0 Å². The van der Waals surface area contributed by atoms with Crippen molar-refractivity contribution in [1.82, 2.24) is 9.88 Å². The van der Waals surface area contributed by atoms with Crippen LogP contribution in [0.2, 0.25) is 0 Å². The van der Waals surface area contributed by atoms with Gasteiger partial charge in [0.15, 0.2) is 0 Å². The van der Waals surface area contributed by atoms with Gasteiger partial charge < -0.3 is 10.2 Å². The minimum Gasteiger partial charge on any atom is -0.368 e. The summed E-state index contributed by atoms with van der Waals surface area (Å²) in [5.41, 5.74) is 1.87. The smallest absolute Gasteiger partial charge is 0.254 e. The van der Waals surface area contributed by atoms with E-state index in [0.29, 0.717) is 6.04 Å². The fraction of sp³-hybridized carbons (Fsp3) is 0.400. The third kappa shape index (κ3) is 3.58. The zero-order valence-corrected chi connectivity index (χ0v) is 14.4. The van der Waals surface area contributed by atoms with Crippen molar-refractivity contribution in [3.63, 3.8) is 0 Å². The predicted octanol–water partition coefficient (Wildman–Crippen LogP) is 4.27. The first-order valence-corrected chi connectivity index (χ1v) is 8.77. The Balaban J connectivity index is 1.74. The third-order valence-corrected chi connectivity index (χ3v) is 4.71. The van der Waals surface area contributed by atoms with Gasteiger partial charge in [0, 0.05) is 24.3 Å². The fourth-order valence-electron chi connectivity index (χ4n) is 3.15. The van der Waals surface area contributed by atoms with E-state index in [1.165, 1.54) is 0 Å². The SMILES string of the molecule is CC[C@H](C)Nc1ccc([C@@H]2CCCN2C(=O)c2ccccc2)cn1. The number of amides is 1. The molecular weight excluding hydrogens is 298 g/mol. The van der Waals surface area contributed by atoms with Crippen LogP contribution in [0.4, 0.5) is 5.82 Å². The monoisotopic (exact) mass is 323 g/mol. The second-order valence-corrected chi connectivity index (χ2v) is 6.45. The van der Waals surface area contributed by atoms with Crippen molar-refractivity contribution >= 4 is 11.7 Å². The van der Waals surface area contributed by atoms with Crippen molar-refractivity contribution in [3.8, 4) is 0 Å². The van der Waals surface area contributed by atoms with Crippen LogP contribution in [0, 0.1) is 0 Å². The molecule has 0 saturated carbocycles. The van der Waals surface area contributed by atoms with Crippen LogP contribution in [0.5, 0.6) is 0 Å². The molecule has 1 fully saturated rings. The van der Waals surface area contributed by atoms with Gasteiger partial charge >= 0.3 is 0 Å². The predicted molar refractivity (Wildman–Crippen MR) is 97.1 cm³/mol. The number of carbonyl (C=O) groups excluding carboxylic acids is 1. The Morgan fingerprint density at radius 1 is 1.29 bits per heavy atom. The summed E-state index contributed by atoms with van der Waals surface area (Å²) in [4.78, 5) is 19.3. The molecule has 2 aromatic rings. The third-order valence-electron chi connectivity index (χ3n) is 4.71. The Labute approximate surface area is 143 Å². The van der Waals surface area contributed by atoms with E-state index in [0.717, 1.165) is 42.8 Å². The van der Waals surface area contributed by atoms with Crippen LogP contribution in [0.1, 0.15) is 55.1 Å². The summed E-state index contributed by atoms with van der Waals surface area (Å²) in [5.74, 6) is 1.01. The molecule has 1 N–H and O–H groups in total. The number of benzene rings is 1. The number of hydrogen-bond donors (Lipinski definition) is 1. The maximum Gasteiger partial charge on any atom is 0.254 e. The summed E-state index contributed by atoms with van der Waals surface area (Å²) in [6.45, 7) is 5.11. The molecule has 0 spiro atoms. The van der Waals surface area contributed by atoms with Crippen LogP contribution in [0.3, 0.4) is 0 Å². The van der Waals surface area contributed by atoms with Crippen molar-refractivity contribution in [2.45, 2.75) is 45.2 Å². The van der Waals surface area contributed by atoms with E-state index in [-0.39, 0.29) is 11.9 Å². The summed E-state index contributed by atoms with van der Waals surface area (Å²) < 4.78 is 0. The van der Waals surface area contributed by atoms with E-state index in [4.69, 9.17) is 0 Å². The number of nitrogens with one attached hydrogen (secondary N) is 1. The highest BCUT2D eigenvalue weighted by Crippen LogP contribution is 2.33. The van der Waals surface area contributed by atoms with Crippen LogP contribution in [-0.4, -0.2) is 28.4 Å². The highest BCUT2D eigenvalue weighted by Gasteiger charge is 2.30. The van der Waals surface area contributed by atoms with E-state index in [1.54, 1.807) is 0 Å². The van der Waals surface area contributed by atoms with Crippen LogP contribution < -0.4 is 5.32 Å². The molecule has 24 heavy (non-hydrogen) atoms. The van der Waals surface area contributed by atoms with E-state index in [1.807, 2.05) is 47.5 Å². The van der Waals surface area contributed by atoms with Crippen molar-refractivity contribution in [1.29, 1.82) is 0 Å². The standard InChI is InChI=1S/C20H25N3O/c1-3-15(2)22-19-12-11-17(14-21-19)18-10-7-13-23(18)20(24)16-8-5-4-6-9-16/h4-6,8-9,11-12,14-15,18H,3,7,10,13H2,1-2H3,(H,21,22)/t15-,18-/m0/s1. The van der Waals surface area contributed by atoms with Gasteiger partial charge in [0.2, 0.25) is 0 Å². The van der Waals surface area contributed by atoms with Gasteiger partial charge in [-0.25, -0.2) is 4.98 Å². The van der Waals surface area contributed by atoms with Crippen LogP contribution in [0.25, 0.3) is 0 Å². The van der Waals surface area contributed by atoms with E-state index in [9.17, 15) is 4.79 Å². The maximum atomic E-state index is 12.8. The molecule has 4 nitrogen and oxygen atoms in total. The first-order chi connectivity index (χ1) is 11.7. The van der Waals surface area contributed by atoms with E-state index >= 15 is 0 Å². The normalized spacial score (nSPS) is 18.4. The molecule has 1 aromatic heterocycles.